The van der Waals surface area contributed by atoms with Gasteiger partial charge in [0.1, 0.15) is 11.5 Å². The van der Waals surface area contributed by atoms with Crippen LogP contribution in [0.25, 0.3) is 11.3 Å². The highest BCUT2D eigenvalue weighted by Crippen LogP contribution is 2.40. The number of halogens is 3. The van der Waals surface area contributed by atoms with Crippen molar-refractivity contribution in [3.8, 4) is 11.3 Å². The van der Waals surface area contributed by atoms with Crippen LogP contribution in [0.2, 0.25) is 0 Å². The van der Waals surface area contributed by atoms with E-state index < -0.39 is 17.6 Å². The molecule has 1 amide bonds. The van der Waals surface area contributed by atoms with Crippen LogP contribution >= 0.6 is 11.3 Å². The summed E-state index contributed by atoms with van der Waals surface area (Å²) < 4.78 is 46.7. The van der Waals surface area contributed by atoms with Gasteiger partial charge in [0.05, 0.1) is 36.2 Å². The predicted octanol–water partition coefficient (Wildman–Crippen LogP) is 5.25. The SMILES string of the molecule is CCOC(=O)C1CCN(c2cnc(C(=O)Nc3nc(-c4ccc(N5CCCC5)c(C(F)(F)F)c4)cs3)cn2)CC1. The summed E-state index contributed by atoms with van der Waals surface area (Å²) >= 11 is 1.11. The van der Waals surface area contributed by atoms with Gasteiger partial charge in [0.25, 0.3) is 5.91 Å². The average molecular weight is 575 g/mol. The summed E-state index contributed by atoms with van der Waals surface area (Å²) in [6.07, 6.45) is 1.43. The van der Waals surface area contributed by atoms with Gasteiger partial charge in [-0.1, -0.05) is 6.07 Å². The van der Waals surface area contributed by atoms with Crippen LogP contribution in [-0.4, -0.2) is 59.6 Å². The molecule has 2 aliphatic heterocycles. The Morgan fingerprint density at radius 3 is 2.48 bits per heavy atom. The standard InChI is InChI=1S/C27H29F3N6O3S/c1-2-39-25(38)17-7-11-36(12-8-17)23-15-31-20(14-32-23)24(37)34-26-33-21(16-40-26)18-5-6-22(35-9-3-4-10-35)19(13-18)27(28,29)30/h5-6,13-17H,2-4,7-12H2,1H3,(H,33,34,37). The topological polar surface area (TPSA) is 101 Å². The van der Waals surface area contributed by atoms with Gasteiger partial charge in [-0.2, -0.15) is 13.2 Å². The number of aromatic nitrogens is 3. The Morgan fingerprint density at radius 2 is 1.82 bits per heavy atom. The molecule has 0 saturated carbocycles. The fraction of sp³-hybridized carbons (Fsp3) is 0.444. The Morgan fingerprint density at radius 1 is 1.07 bits per heavy atom. The van der Waals surface area contributed by atoms with E-state index in [1.807, 2.05) is 4.90 Å². The number of hydrogen-bond donors (Lipinski definition) is 1. The maximum atomic E-state index is 13.9. The van der Waals surface area contributed by atoms with Crippen molar-refractivity contribution in [1.82, 2.24) is 15.0 Å². The number of benzene rings is 1. The Bertz CT molecular complexity index is 1350. The van der Waals surface area contributed by atoms with Gasteiger partial charge in [0, 0.05) is 42.8 Å². The van der Waals surface area contributed by atoms with Crippen molar-refractivity contribution in [3.05, 3.63) is 47.2 Å². The number of hydrogen-bond acceptors (Lipinski definition) is 9. The Kier molecular flexibility index (Phi) is 8.19. The summed E-state index contributed by atoms with van der Waals surface area (Å²) in [5.41, 5.74) is 0.236. The van der Waals surface area contributed by atoms with E-state index in [0.29, 0.717) is 62.7 Å². The maximum absolute atomic E-state index is 13.9. The summed E-state index contributed by atoms with van der Waals surface area (Å²) in [6, 6.07) is 4.24. The van der Waals surface area contributed by atoms with Gasteiger partial charge in [0.2, 0.25) is 0 Å². The predicted molar refractivity (Wildman–Crippen MR) is 146 cm³/mol. The first kappa shape index (κ1) is 27.8. The lowest BCUT2D eigenvalue weighted by atomic mass is 9.97. The van der Waals surface area contributed by atoms with Crippen molar-refractivity contribution in [2.45, 2.75) is 38.8 Å². The molecule has 212 valence electrons. The molecule has 0 bridgehead atoms. The van der Waals surface area contributed by atoms with E-state index in [1.165, 1.54) is 18.5 Å². The van der Waals surface area contributed by atoms with E-state index in [9.17, 15) is 22.8 Å². The molecule has 0 atom stereocenters. The molecule has 0 unspecified atom stereocenters. The molecule has 9 nitrogen and oxygen atoms in total. The minimum Gasteiger partial charge on any atom is -0.466 e. The van der Waals surface area contributed by atoms with Gasteiger partial charge in [-0.15, -0.1) is 11.3 Å². The fourth-order valence-corrected chi connectivity index (χ4v) is 5.70. The monoisotopic (exact) mass is 574 g/mol. The van der Waals surface area contributed by atoms with Crippen LogP contribution in [0.1, 0.15) is 48.7 Å². The van der Waals surface area contributed by atoms with Crippen LogP contribution in [0.5, 0.6) is 0 Å². The first-order valence-electron chi connectivity index (χ1n) is 13.2. The van der Waals surface area contributed by atoms with Crippen molar-refractivity contribution in [3.63, 3.8) is 0 Å². The summed E-state index contributed by atoms with van der Waals surface area (Å²) in [7, 11) is 0. The number of esters is 1. The van der Waals surface area contributed by atoms with E-state index in [-0.39, 0.29) is 28.4 Å². The second kappa shape index (κ2) is 11.8. The largest absolute Gasteiger partial charge is 0.466 e. The van der Waals surface area contributed by atoms with Crippen LogP contribution in [0, 0.1) is 5.92 Å². The molecule has 1 aromatic carbocycles. The molecule has 40 heavy (non-hydrogen) atoms. The van der Waals surface area contributed by atoms with Gasteiger partial charge in [-0.3, -0.25) is 14.9 Å². The lowest BCUT2D eigenvalue weighted by molar-refractivity contribution is -0.148. The smallest absolute Gasteiger partial charge is 0.418 e. The number of amides is 1. The van der Waals surface area contributed by atoms with Crippen LogP contribution in [0.4, 0.5) is 29.8 Å². The first-order valence-corrected chi connectivity index (χ1v) is 14.1. The van der Waals surface area contributed by atoms with Gasteiger partial charge >= 0.3 is 12.1 Å². The second-order valence-electron chi connectivity index (χ2n) is 9.69. The third-order valence-electron chi connectivity index (χ3n) is 7.08. The highest BCUT2D eigenvalue weighted by molar-refractivity contribution is 7.14. The summed E-state index contributed by atoms with van der Waals surface area (Å²) in [5.74, 6) is -0.222. The molecule has 0 aliphatic carbocycles. The molecule has 2 saturated heterocycles. The number of nitrogens with zero attached hydrogens (tertiary/aromatic N) is 5. The van der Waals surface area contributed by atoms with Crippen LogP contribution in [-0.2, 0) is 15.7 Å². The lowest BCUT2D eigenvalue weighted by Gasteiger charge is -2.31. The normalized spacial score (nSPS) is 16.3. The van der Waals surface area contributed by atoms with Gasteiger partial charge < -0.3 is 14.5 Å². The van der Waals surface area contributed by atoms with E-state index in [4.69, 9.17) is 4.74 Å². The third kappa shape index (κ3) is 6.19. The number of anilines is 3. The number of alkyl halides is 3. The van der Waals surface area contributed by atoms with Gasteiger partial charge in [-0.25, -0.2) is 15.0 Å². The first-order chi connectivity index (χ1) is 19.2. The minimum atomic E-state index is -4.50. The minimum absolute atomic E-state index is 0.0798. The zero-order chi connectivity index (χ0) is 28.3. The summed E-state index contributed by atoms with van der Waals surface area (Å²) in [5, 5.41) is 4.50. The second-order valence-corrected chi connectivity index (χ2v) is 10.5. The molecular formula is C27H29F3N6O3S. The van der Waals surface area contributed by atoms with Crippen molar-refractivity contribution >= 4 is 39.9 Å². The number of nitrogens with one attached hydrogen (secondary N) is 1. The van der Waals surface area contributed by atoms with E-state index in [0.717, 1.165) is 30.2 Å². The quantitative estimate of drug-likeness (QED) is 0.382. The average Bonchev–Trinajstić information content (AvgIpc) is 3.66. The summed E-state index contributed by atoms with van der Waals surface area (Å²) in [4.78, 5) is 41.4. The van der Waals surface area contributed by atoms with Crippen molar-refractivity contribution in [2.75, 3.05) is 47.9 Å². The highest BCUT2D eigenvalue weighted by Gasteiger charge is 2.36. The van der Waals surface area contributed by atoms with Crippen molar-refractivity contribution in [2.24, 2.45) is 5.92 Å². The molecular weight excluding hydrogens is 545 g/mol. The zero-order valence-electron chi connectivity index (χ0n) is 21.9. The maximum Gasteiger partial charge on any atom is 0.418 e. The van der Waals surface area contributed by atoms with E-state index in [1.54, 1.807) is 23.3 Å². The number of piperidine rings is 1. The molecule has 2 fully saturated rings. The van der Waals surface area contributed by atoms with Crippen LogP contribution in [0.15, 0.2) is 36.0 Å². The third-order valence-corrected chi connectivity index (χ3v) is 7.84. The highest BCUT2D eigenvalue weighted by atomic mass is 32.1. The molecule has 13 heteroatoms. The number of carbonyl (C=O) groups excluding carboxylic acids is 2. The Hall–Kier alpha value is -3.74. The molecule has 5 rings (SSSR count). The lowest BCUT2D eigenvalue weighted by Crippen LogP contribution is -2.37. The van der Waals surface area contributed by atoms with E-state index >= 15 is 0 Å². The van der Waals surface area contributed by atoms with Crippen LogP contribution in [0.3, 0.4) is 0 Å². The van der Waals surface area contributed by atoms with Crippen molar-refractivity contribution < 1.29 is 27.5 Å². The van der Waals surface area contributed by atoms with E-state index in [2.05, 4.69) is 20.3 Å². The van der Waals surface area contributed by atoms with Gasteiger partial charge in [0.15, 0.2) is 5.13 Å². The molecule has 0 radical (unpaired) electrons. The Balaban J connectivity index is 1.22. The summed E-state index contributed by atoms with van der Waals surface area (Å²) in [6.45, 7) is 4.61. The number of carbonyl (C=O) groups is 2. The Labute approximate surface area is 233 Å². The van der Waals surface area contributed by atoms with Crippen molar-refractivity contribution in [1.29, 1.82) is 0 Å². The molecule has 2 aliphatic rings. The molecule has 3 aromatic rings. The zero-order valence-corrected chi connectivity index (χ0v) is 22.7. The molecule has 4 heterocycles. The number of ether oxygens (including phenoxy) is 1. The fourth-order valence-electron chi connectivity index (χ4n) is 4.99. The molecule has 1 N–H and O–H groups in total. The molecule has 0 spiro atoms. The van der Waals surface area contributed by atoms with Gasteiger partial charge in [-0.05, 0) is 44.7 Å². The number of thiazole rings is 1. The number of rotatable bonds is 7. The molecule has 2 aromatic heterocycles. The van der Waals surface area contributed by atoms with Crippen LogP contribution < -0.4 is 15.1 Å².